The van der Waals surface area contributed by atoms with E-state index in [0.717, 1.165) is 4.90 Å². The van der Waals surface area contributed by atoms with Crippen molar-refractivity contribution >= 4 is 17.6 Å². The van der Waals surface area contributed by atoms with Crippen molar-refractivity contribution in [3.63, 3.8) is 0 Å². The number of nitro benzene ring substituents is 1. The van der Waals surface area contributed by atoms with Gasteiger partial charge in [-0.15, -0.1) is 5.10 Å². The van der Waals surface area contributed by atoms with Gasteiger partial charge in [0.15, 0.2) is 5.69 Å². The van der Waals surface area contributed by atoms with Crippen LogP contribution in [0.15, 0.2) is 24.3 Å². The van der Waals surface area contributed by atoms with E-state index in [1.165, 1.54) is 22.9 Å². The largest absolute Gasteiger partial charge is 0.480 e. The lowest BCUT2D eigenvalue weighted by molar-refractivity contribution is -0.384. The topological polar surface area (TPSA) is 131 Å². The number of amides is 1. The monoisotopic (exact) mass is 347 g/mol. The Hall–Kier alpha value is -3.30. The van der Waals surface area contributed by atoms with E-state index in [2.05, 4.69) is 10.3 Å². The van der Waals surface area contributed by atoms with E-state index < -0.39 is 23.3 Å². The van der Waals surface area contributed by atoms with E-state index in [1.54, 1.807) is 26.8 Å². The summed E-state index contributed by atoms with van der Waals surface area (Å²) < 4.78 is 1.31. The SMILES string of the molecule is Cc1c(C(=O)N(CC(=O)O)C(C)C)nnn1-c1cccc([N+](=O)[O-])c1. The lowest BCUT2D eigenvalue weighted by Crippen LogP contribution is -2.41. The third kappa shape index (κ3) is 3.79. The first-order valence-corrected chi connectivity index (χ1v) is 7.42. The molecule has 0 aliphatic carbocycles. The molecule has 0 radical (unpaired) electrons. The van der Waals surface area contributed by atoms with E-state index in [1.807, 2.05) is 0 Å². The number of nitro groups is 1. The van der Waals surface area contributed by atoms with Gasteiger partial charge in [-0.05, 0) is 26.8 Å². The zero-order chi connectivity index (χ0) is 18.7. The Labute approximate surface area is 142 Å². The first-order valence-electron chi connectivity index (χ1n) is 7.42. The smallest absolute Gasteiger partial charge is 0.323 e. The number of carbonyl (C=O) groups is 2. The maximum atomic E-state index is 12.6. The molecule has 0 fully saturated rings. The van der Waals surface area contributed by atoms with Crippen LogP contribution in [0.4, 0.5) is 5.69 Å². The summed E-state index contributed by atoms with van der Waals surface area (Å²) >= 11 is 0. The van der Waals surface area contributed by atoms with E-state index in [0.29, 0.717) is 11.4 Å². The highest BCUT2D eigenvalue weighted by Gasteiger charge is 2.26. The summed E-state index contributed by atoms with van der Waals surface area (Å²) in [6.07, 6.45) is 0. The highest BCUT2D eigenvalue weighted by molar-refractivity contribution is 5.95. The van der Waals surface area contributed by atoms with Gasteiger partial charge in [0, 0.05) is 18.2 Å². The Morgan fingerprint density at radius 3 is 2.64 bits per heavy atom. The second-order valence-corrected chi connectivity index (χ2v) is 5.63. The van der Waals surface area contributed by atoms with Crippen molar-refractivity contribution in [2.75, 3.05) is 6.54 Å². The number of hydrogen-bond donors (Lipinski definition) is 1. The maximum Gasteiger partial charge on any atom is 0.323 e. The molecule has 0 unspecified atom stereocenters. The minimum absolute atomic E-state index is 0.00135. The van der Waals surface area contributed by atoms with Gasteiger partial charge in [0.25, 0.3) is 11.6 Å². The first-order chi connectivity index (χ1) is 11.7. The molecule has 0 aliphatic rings. The second-order valence-electron chi connectivity index (χ2n) is 5.63. The molecule has 1 N–H and O–H groups in total. The van der Waals surface area contributed by atoms with Gasteiger partial charge in [0.05, 0.1) is 16.3 Å². The van der Waals surface area contributed by atoms with Crippen molar-refractivity contribution in [3.8, 4) is 5.69 Å². The number of benzene rings is 1. The van der Waals surface area contributed by atoms with Gasteiger partial charge in [0.2, 0.25) is 0 Å². The summed E-state index contributed by atoms with van der Waals surface area (Å²) in [5, 5.41) is 27.6. The molecule has 0 atom stereocenters. The van der Waals surface area contributed by atoms with E-state index in [-0.39, 0.29) is 17.4 Å². The molecule has 0 aliphatic heterocycles. The number of hydrogen-bond acceptors (Lipinski definition) is 6. The van der Waals surface area contributed by atoms with Gasteiger partial charge in [-0.1, -0.05) is 11.3 Å². The summed E-state index contributed by atoms with van der Waals surface area (Å²) in [5.74, 6) is -1.70. The predicted molar refractivity (Wildman–Crippen MR) is 86.6 cm³/mol. The van der Waals surface area contributed by atoms with Gasteiger partial charge >= 0.3 is 5.97 Å². The van der Waals surface area contributed by atoms with Gasteiger partial charge in [0.1, 0.15) is 6.54 Å². The maximum absolute atomic E-state index is 12.6. The predicted octanol–water partition coefficient (Wildman–Crippen LogP) is 1.42. The van der Waals surface area contributed by atoms with Crippen molar-refractivity contribution in [2.45, 2.75) is 26.8 Å². The van der Waals surface area contributed by atoms with Crippen LogP contribution in [0.25, 0.3) is 5.69 Å². The van der Waals surface area contributed by atoms with Crippen LogP contribution in [0.1, 0.15) is 30.0 Å². The fraction of sp³-hybridized carbons (Fsp3) is 0.333. The van der Waals surface area contributed by atoms with E-state index in [4.69, 9.17) is 5.11 Å². The standard InChI is InChI=1S/C15H17N5O5/c1-9(2)18(8-13(21)22)15(23)14-10(3)19(17-16-14)11-5-4-6-12(7-11)20(24)25/h4-7,9H,8H2,1-3H3,(H,21,22). The summed E-state index contributed by atoms with van der Waals surface area (Å²) in [7, 11) is 0. The van der Waals surface area contributed by atoms with Gasteiger partial charge < -0.3 is 10.0 Å². The lowest BCUT2D eigenvalue weighted by atomic mass is 10.2. The number of nitrogens with zero attached hydrogens (tertiary/aromatic N) is 5. The van der Waals surface area contributed by atoms with Crippen LogP contribution >= 0.6 is 0 Å². The molecule has 1 aromatic heterocycles. The molecule has 0 saturated carbocycles. The summed E-state index contributed by atoms with van der Waals surface area (Å²) in [5.41, 5.74) is 0.630. The quantitative estimate of drug-likeness (QED) is 0.617. The summed E-state index contributed by atoms with van der Waals surface area (Å²) in [6, 6.07) is 5.41. The third-order valence-electron chi connectivity index (χ3n) is 3.57. The number of carboxylic acid groups (broad SMARTS) is 1. The van der Waals surface area contributed by atoms with Crippen LogP contribution in [0, 0.1) is 17.0 Å². The molecule has 1 amide bonds. The number of carbonyl (C=O) groups excluding carboxylic acids is 1. The second kappa shape index (κ2) is 7.07. The molecule has 10 nitrogen and oxygen atoms in total. The van der Waals surface area contributed by atoms with Crippen LogP contribution in [0.5, 0.6) is 0 Å². The molecule has 132 valence electrons. The highest BCUT2D eigenvalue weighted by Crippen LogP contribution is 2.19. The van der Waals surface area contributed by atoms with Gasteiger partial charge in [-0.3, -0.25) is 19.7 Å². The average molecular weight is 347 g/mol. The zero-order valence-electron chi connectivity index (χ0n) is 13.9. The Morgan fingerprint density at radius 1 is 1.40 bits per heavy atom. The molecule has 0 bridgehead atoms. The van der Waals surface area contributed by atoms with Gasteiger partial charge in [-0.2, -0.15) is 0 Å². The Kier molecular flexibility index (Phi) is 5.11. The van der Waals surface area contributed by atoms with Crippen LogP contribution < -0.4 is 0 Å². The molecule has 2 aromatic rings. The van der Waals surface area contributed by atoms with E-state index >= 15 is 0 Å². The third-order valence-corrected chi connectivity index (χ3v) is 3.57. The molecule has 0 spiro atoms. The number of carboxylic acids is 1. The van der Waals surface area contributed by atoms with Crippen molar-refractivity contribution in [1.29, 1.82) is 0 Å². The van der Waals surface area contributed by atoms with Crippen LogP contribution in [0.2, 0.25) is 0 Å². The number of rotatable bonds is 6. The molecule has 10 heteroatoms. The van der Waals surface area contributed by atoms with Crippen molar-refractivity contribution in [3.05, 3.63) is 45.8 Å². The number of aliphatic carboxylic acids is 1. The average Bonchev–Trinajstić information content (AvgIpc) is 2.93. The molecular weight excluding hydrogens is 330 g/mol. The normalized spacial score (nSPS) is 10.7. The van der Waals surface area contributed by atoms with Crippen molar-refractivity contribution in [1.82, 2.24) is 19.9 Å². The zero-order valence-corrected chi connectivity index (χ0v) is 13.9. The molecule has 25 heavy (non-hydrogen) atoms. The molecule has 1 aromatic carbocycles. The minimum atomic E-state index is -1.13. The minimum Gasteiger partial charge on any atom is -0.480 e. The van der Waals surface area contributed by atoms with Crippen molar-refractivity contribution in [2.24, 2.45) is 0 Å². The van der Waals surface area contributed by atoms with Crippen molar-refractivity contribution < 1.29 is 19.6 Å². The fourth-order valence-corrected chi connectivity index (χ4v) is 2.28. The number of non-ortho nitro benzene ring substituents is 1. The van der Waals surface area contributed by atoms with Crippen LogP contribution in [0.3, 0.4) is 0 Å². The fourth-order valence-electron chi connectivity index (χ4n) is 2.28. The van der Waals surface area contributed by atoms with Crippen LogP contribution in [-0.2, 0) is 4.79 Å². The molecule has 2 rings (SSSR count). The Balaban J connectivity index is 2.40. The van der Waals surface area contributed by atoms with Crippen LogP contribution in [-0.4, -0.2) is 54.4 Å². The molecule has 1 heterocycles. The Bertz CT molecular complexity index is 829. The molecular formula is C15H17N5O5. The Morgan fingerprint density at radius 2 is 2.08 bits per heavy atom. The molecule has 0 saturated heterocycles. The summed E-state index contributed by atoms with van der Waals surface area (Å²) in [6.45, 7) is 4.52. The summed E-state index contributed by atoms with van der Waals surface area (Å²) in [4.78, 5) is 35.1. The first kappa shape index (κ1) is 18.0. The number of aromatic nitrogens is 3. The van der Waals surface area contributed by atoms with Gasteiger partial charge in [-0.25, -0.2) is 4.68 Å². The highest BCUT2D eigenvalue weighted by atomic mass is 16.6. The van der Waals surface area contributed by atoms with E-state index in [9.17, 15) is 19.7 Å². The lowest BCUT2D eigenvalue weighted by Gasteiger charge is -2.24.